The van der Waals surface area contributed by atoms with Crippen LogP contribution in [0.25, 0.3) is 0 Å². The number of anilines is 1. The van der Waals surface area contributed by atoms with Crippen molar-refractivity contribution in [2.24, 2.45) is 5.73 Å². The van der Waals surface area contributed by atoms with Gasteiger partial charge in [0.2, 0.25) is 5.91 Å². The van der Waals surface area contributed by atoms with Crippen LogP contribution in [0, 0.1) is 0 Å². The van der Waals surface area contributed by atoms with Gasteiger partial charge in [-0.3, -0.25) is 4.79 Å². The highest BCUT2D eigenvalue weighted by Crippen LogP contribution is 2.31. The molecule has 0 aliphatic heterocycles. The number of benzene rings is 2. The Balaban J connectivity index is 2.10. The van der Waals surface area contributed by atoms with Gasteiger partial charge >= 0.3 is 0 Å². The molecule has 0 spiro atoms. The molecule has 0 fully saturated rings. The van der Waals surface area contributed by atoms with Gasteiger partial charge in [-0.05, 0) is 35.9 Å². The number of nitrogens with two attached hydrogens (primary N) is 2. The summed E-state index contributed by atoms with van der Waals surface area (Å²) in [7, 11) is 0. The molecule has 6 heteroatoms. The zero-order chi connectivity index (χ0) is 14.7. The van der Waals surface area contributed by atoms with Crippen LogP contribution in [0.2, 0.25) is 10.0 Å². The molecule has 0 heterocycles. The molecule has 0 aromatic heterocycles. The van der Waals surface area contributed by atoms with Crippen LogP contribution in [0.4, 0.5) is 5.69 Å². The van der Waals surface area contributed by atoms with Gasteiger partial charge in [-0.15, -0.1) is 11.8 Å². The van der Waals surface area contributed by atoms with Gasteiger partial charge in [0, 0.05) is 21.9 Å². The maximum Gasteiger partial charge on any atom is 0.248 e. The molecule has 0 radical (unpaired) electrons. The number of carbonyl (C=O) groups excluding carboxylic acids is 1. The van der Waals surface area contributed by atoms with Crippen LogP contribution in [0.3, 0.4) is 0 Å². The van der Waals surface area contributed by atoms with Gasteiger partial charge in [0.05, 0.1) is 10.0 Å². The average Bonchev–Trinajstić information content (AvgIpc) is 2.41. The molecule has 4 N–H and O–H groups in total. The zero-order valence-corrected chi connectivity index (χ0v) is 12.7. The van der Waals surface area contributed by atoms with E-state index in [-0.39, 0.29) is 0 Å². The third-order valence-corrected chi connectivity index (χ3v) is 4.50. The Labute approximate surface area is 131 Å². The zero-order valence-electron chi connectivity index (χ0n) is 10.4. The van der Waals surface area contributed by atoms with Crippen molar-refractivity contribution in [2.75, 3.05) is 5.73 Å². The molecule has 0 saturated heterocycles. The predicted molar refractivity (Wildman–Crippen MR) is 85.4 cm³/mol. The van der Waals surface area contributed by atoms with Gasteiger partial charge < -0.3 is 11.5 Å². The molecule has 0 unspecified atom stereocenters. The molecular weight excluding hydrogens is 315 g/mol. The molecule has 104 valence electrons. The molecular formula is C14H12Cl2N2OS. The average molecular weight is 327 g/mol. The third kappa shape index (κ3) is 3.60. The van der Waals surface area contributed by atoms with Crippen molar-refractivity contribution >= 4 is 46.6 Å². The van der Waals surface area contributed by atoms with Crippen LogP contribution in [0.1, 0.15) is 15.9 Å². The lowest BCUT2D eigenvalue weighted by atomic mass is 10.1. The SMILES string of the molecule is NC(=O)c1ccc(CSc2ccc(Cl)c(Cl)c2)c(N)c1. The molecule has 1 amide bonds. The predicted octanol–water partition coefficient (Wildman–Crippen LogP) is 3.97. The highest BCUT2D eigenvalue weighted by Gasteiger charge is 2.06. The Hall–Kier alpha value is -1.36. The minimum absolute atomic E-state index is 0.408. The van der Waals surface area contributed by atoms with Crippen molar-refractivity contribution in [3.05, 3.63) is 57.6 Å². The fourth-order valence-corrected chi connectivity index (χ4v) is 2.92. The Morgan fingerprint density at radius 2 is 1.85 bits per heavy atom. The first-order valence-corrected chi connectivity index (χ1v) is 7.47. The summed E-state index contributed by atoms with van der Waals surface area (Å²) in [6, 6.07) is 10.5. The summed E-state index contributed by atoms with van der Waals surface area (Å²) in [4.78, 5) is 12.0. The molecule has 0 atom stereocenters. The van der Waals surface area contributed by atoms with Crippen LogP contribution >= 0.6 is 35.0 Å². The number of nitrogen functional groups attached to an aromatic ring is 1. The number of hydrogen-bond donors (Lipinski definition) is 2. The second-order valence-corrected chi connectivity index (χ2v) is 6.01. The normalized spacial score (nSPS) is 10.5. The highest BCUT2D eigenvalue weighted by molar-refractivity contribution is 7.98. The van der Waals surface area contributed by atoms with Gasteiger partial charge in [0.1, 0.15) is 0 Å². The van der Waals surface area contributed by atoms with Crippen molar-refractivity contribution in [1.29, 1.82) is 0 Å². The number of rotatable bonds is 4. The number of primary amides is 1. The van der Waals surface area contributed by atoms with E-state index in [4.69, 9.17) is 34.7 Å². The number of carbonyl (C=O) groups is 1. The molecule has 0 aliphatic carbocycles. The summed E-state index contributed by atoms with van der Waals surface area (Å²) in [5.74, 6) is 0.184. The van der Waals surface area contributed by atoms with E-state index in [1.807, 2.05) is 12.1 Å². The lowest BCUT2D eigenvalue weighted by Gasteiger charge is -2.07. The maximum atomic E-state index is 11.0. The summed E-state index contributed by atoms with van der Waals surface area (Å²) < 4.78 is 0. The quantitative estimate of drug-likeness (QED) is 0.659. The standard InChI is InChI=1S/C14H12Cl2N2OS/c15-11-4-3-10(6-12(11)16)20-7-9-2-1-8(14(18)19)5-13(9)17/h1-6H,7,17H2,(H2,18,19). The van der Waals surface area contributed by atoms with E-state index >= 15 is 0 Å². The molecule has 0 bridgehead atoms. The molecule has 20 heavy (non-hydrogen) atoms. The van der Waals surface area contributed by atoms with Crippen LogP contribution in [0.15, 0.2) is 41.3 Å². The Morgan fingerprint density at radius 1 is 1.10 bits per heavy atom. The molecule has 0 saturated carbocycles. The van der Waals surface area contributed by atoms with Crippen LogP contribution < -0.4 is 11.5 Å². The lowest BCUT2D eigenvalue weighted by Crippen LogP contribution is -2.11. The summed E-state index contributed by atoms with van der Waals surface area (Å²) in [6.07, 6.45) is 0. The summed E-state index contributed by atoms with van der Waals surface area (Å²) in [5.41, 5.74) is 13.0. The molecule has 3 nitrogen and oxygen atoms in total. The van der Waals surface area contributed by atoms with Gasteiger partial charge in [-0.1, -0.05) is 29.3 Å². The first-order chi connectivity index (χ1) is 9.47. The van der Waals surface area contributed by atoms with Crippen molar-refractivity contribution in [3.63, 3.8) is 0 Å². The van der Waals surface area contributed by atoms with Crippen LogP contribution in [-0.4, -0.2) is 5.91 Å². The minimum atomic E-state index is -0.486. The maximum absolute atomic E-state index is 11.0. The second-order valence-electron chi connectivity index (χ2n) is 4.14. The van der Waals surface area contributed by atoms with Crippen LogP contribution in [-0.2, 0) is 5.75 Å². The van der Waals surface area contributed by atoms with Crippen molar-refractivity contribution in [2.45, 2.75) is 10.6 Å². The lowest BCUT2D eigenvalue weighted by molar-refractivity contribution is 0.100. The van der Waals surface area contributed by atoms with Gasteiger partial charge in [-0.2, -0.15) is 0 Å². The number of thioether (sulfide) groups is 1. The monoisotopic (exact) mass is 326 g/mol. The Morgan fingerprint density at radius 3 is 2.45 bits per heavy atom. The first-order valence-electron chi connectivity index (χ1n) is 5.73. The Kier molecular flexibility index (Phi) is 4.81. The summed E-state index contributed by atoms with van der Waals surface area (Å²) in [5, 5.41) is 1.05. The molecule has 0 aliphatic rings. The van der Waals surface area contributed by atoms with Crippen molar-refractivity contribution < 1.29 is 4.79 Å². The third-order valence-electron chi connectivity index (χ3n) is 2.72. The van der Waals surface area contributed by atoms with E-state index in [1.54, 1.807) is 36.0 Å². The fraction of sp³-hybridized carbons (Fsp3) is 0.0714. The first kappa shape index (κ1) is 15.0. The van der Waals surface area contributed by atoms with E-state index < -0.39 is 5.91 Å². The van der Waals surface area contributed by atoms with E-state index in [0.29, 0.717) is 27.0 Å². The van der Waals surface area contributed by atoms with E-state index in [0.717, 1.165) is 10.5 Å². The number of halogens is 2. The number of amides is 1. The topological polar surface area (TPSA) is 69.1 Å². The van der Waals surface area contributed by atoms with Crippen molar-refractivity contribution in [3.8, 4) is 0 Å². The minimum Gasteiger partial charge on any atom is -0.398 e. The second kappa shape index (κ2) is 6.39. The van der Waals surface area contributed by atoms with Crippen molar-refractivity contribution in [1.82, 2.24) is 0 Å². The molecule has 2 aromatic rings. The largest absolute Gasteiger partial charge is 0.398 e. The van der Waals surface area contributed by atoms with Crippen LogP contribution in [0.5, 0.6) is 0 Å². The van der Waals surface area contributed by atoms with E-state index in [2.05, 4.69) is 0 Å². The number of hydrogen-bond acceptors (Lipinski definition) is 3. The summed E-state index contributed by atoms with van der Waals surface area (Å²) in [6.45, 7) is 0. The smallest absolute Gasteiger partial charge is 0.248 e. The summed E-state index contributed by atoms with van der Waals surface area (Å²) >= 11 is 13.4. The van der Waals surface area contributed by atoms with Gasteiger partial charge in [0.25, 0.3) is 0 Å². The van der Waals surface area contributed by atoms with Gasteiger partial charge in [-0.25, -0.2) is 0 Å². The fourth-order valence-electron chi connectivity index (χ4n) is 1.61. The highest BCUT2D eigenvalue weighted by atomic mass is 35.5. The molecule has 2 rings (SSSR count). The van der Waals surface area contributed by atoms with E-state index in [1.165, 1.54) is 0 Å². The van der Waals surface area contributed by atoms with E-state index in [9.17, 15) is 4.79 Å². The van der Waals surface area contributed by atoms with Gasteiger partial charge in [0.15, 0.2) is 0 Å². The molecule has 2 aromatic carbocycles. The Bertz CT molecular complexity index is 662.